The number of carboxylic acids is 1. The lowest BCUT2D eigenvalue weighted by atomic mass is 10.3. The number of carbonyl (C=O) groups is 1. The van der Waals surface area contributed by atoms with Gasteiger partial charge in [0, 0.05) is 11.5 Å². The highest BCUT2D eigenvalue weighted by molar-refractivity contribution is 7.20. The van der Waals surface area contributed by atoms with Gasteiger partial charge in [-0.1, -0.05) is 6.07 Å². The van der Waals surface area contributed by atoms with Crippen LogP contribution in [-0.4, -0.2) is 28.0 Å². The molecule has 0 aliphatic carbocycles. The maximum Gasteiger partial charge on any atom is 0.345 e. The summed E-state index contributed by atoms with van der Waals surface area (Å²) in [6.45, 7) is 1.87. The average Bonchev–Trinajstić information content (AvgIpc) is 3.00. The lowest BCUT2D eigenvalue weighted by Crippen LogP contribution is -1.97. The van der Waals surface area contributed by atoms with Gasteiger partial charge in [-0.3, -0.25) is 0 Å². The number of carboxylic acid groups (broad SMARTS) is 1. The van der Waals surface area contributed by atoms with E-state index in [0.29, 0.717) is 4.88 Å². The maximum atomic E-state index is 11.1. The smallest absolute Gasteiger partial charge is 0.345 e. The number of aromatic nitrogens is 2. The number of ether oxygens (including phenoxy) is 1. The van der Waals surface area contributed by atoms with Gasteiger partial charge in [-0.2, -0.15) is 5.10 Å². The van der Waals surface area contributed by atoms with Gasteiger partial charge in [-0.25, -0.2) is 9.48 Å². The van der Waals surface area contributed by atoms with Crippen LogP contribution in [0.4, 0.5) is 0 Å². The molecule has 6 heteroatoms. The van der Waals surface area contributed by atoms with Crippen LogP contribution in [0.5, 0.6) is 5.75 Å². The summed E-state index contributed by atoms with van der Waals surface area (Å²) in [6.07, 6.45) is 0. The van der Waals surface area contributed by atoms with Crippen LogP contribution in [0.3, 0.4) is 0 Å². The standard InChI is InChI=1S/C14H12N2O3S/c1-8-11-7-12(14(17)18)20-13(11)16(15-8)9-4-3-5-10(6-9)19-2/h3-7H,1-2H3,(H,17,18). The summed E-state index contributed by atoms with van der Waals surface area (Å²) >= 11 is 1.22. The zero-order chi connectivity index (χ0) is 14.3. The van der Waals surface area contributed by atoms with E-state index in [-0.39, 0.29) is 0 Å². The van der Waals surface area contributed by atoms with Crippen molar-refractivity contribution in [1.29, 1.82) is 0 Å². The van der Waals surface area contributed by atoms with Crippen molar-refractivity contribution in [3.8, 4) is 11.4 Å². The van der Waals surface area contributed by atoms with Gasteiger partial charge in [-0.15, -0.1) is 11.3 Å². The van der Waals surface area contributed by atoms with Gasteiger partial charge in [0.25, 0.3) is 0 Å². The first kappa shape index (κ1) is 12.7. The molecule has 0 saturated heterocycles. The predicted molar refractivity (Wildman–Crippen MR) is 77.2 cm³/mol. The Morgan fingerprint density at radius 3 is 2.90 bits per heavy atom. The molecule has 5 nitrogen and oxygen atoms in total. The van der Waals surface area contributed by atoms with Crippen molar-refractivity contribution in [3.05, 3.63) is 40.9 Å². The Balaban J connectivity index is 2.22. The molecule has 0 spiro atoms. The highest BCUT2D eigenvalue weighted by atomic mass is 32.1. The number of hydrogen-bond acceptors (Lipinski definition) is 4. The first-order chi connectivity index (χ1) is 9.60. The second kappa shape index (κ2) is 4.64. The van der Waals surface area contributed by atoms with Gasteiger partial charge in [0.1, 0.15) is 15.5 Å². The molecule has 0 saturated carbocycles. The second-order valence-corrected chi connectivity index (χ2v) is 5.36. The highest BCUT2D eigenvalue weighted by Crippen LogP contribution is 2.31. The summed E-state index contributed by atoms with van der Waals surface area (Å²) in [5.41, 5.74) is 1.66. The third kappa shape index (κ3) is 1.94. The van der Waals surface area contributed by atoms with Gasteiger partial charge in [0.15, 0.2) is 0 Å². The molecule has 0 radical (unpaired) electrons. The van der Waals surface area contributed by atoms with Crippen molar-refractivity contribution in [2.75, 3.05) is 7.11 Å². The van der Waals surface area contributed by atoms with Crippen molar-refractivity contribution in [2.45, 2.75) is 6.92 Å². The maximum absolute atomic E-state index is 11.1. The summed E-state index contributed by atoms with van der Waals surface area (Å²) in [5, 5.41) is 14.4. The van der Waals surface area contributed by atoms with Gasteiger partial charge < -0.3 is 9.84 Å². The molecule has 0 aliphatic heterocycles. The van der Waals surface area contributed by atoms with Crippen LogP contribution < -0.4 is 4.74 Å². The van der Waals surface area contributed by atoms with E-state index in [1.165, 1.54) is 11.3 Å². The Morgan fingerprint density at radius 2 is 2.20 bits per heavy atom. The van der Waals surface area contributed by atoms with Gasteiger partial charge in [0.05, 0.1) is 18.5 Å². The van der Waals surface area contributed by atoms with E-state index < -0.39 is 5.97 Å². The molecular weight excluding hydrogens is 276 g/mol. The van der Waals surface area contributed by atoms with Gasteiger partial charge >= 0.3 is 5.97 Å². The topological polar surface area (TPSA) is 64.4 Å². The van der Waals surface area contributed by atoms with Gasteiger partial charge in [-0.05, 0) is 25.1 Å². The minimum absolute atomic E-state index is 0.317. The Kier molecular flexibility index (Phi) is 2.94. The average molecular weight is 288 g/mol. The molecule has 20 heavy (non-hydrogen) atoms. The number of rotatable bonds is 3. The fourth-order valence-corrected chi connectivity index (χ4v) is 3.09. The molecule has 0 amide bonds. The zero-order valence-electron chi connectivity index (χ0n) is 11.0. The molecule has 1 N–H and O–H groups in total. The van der Waals surface area contributed by atoms with Crippen molar-refractivity contribution in [3.63, 3.8) is 0 Å². The van der Waals surface area contributed by atoms with Crippen LogP contribution in [0, 0.1) is 6.92 Å². The molecule has 2 aromatic heterocycles. The lowest BCUT2D eigenvalue weighted by Gasteiger charge is -2.04. The number of aromatic carboxylic acids is 1. The van der Waals surface area contributed by atoms with Crippen LogP contribution >= 0.6 is 11.3 Å². The molecule has 2 heterocycles. The minimum Gasteiger partial charge on any atom is -0.497 e. The van der Waals surface area contributed by atoms with E-state index in [1.54, 1.807) is 17.9 Å². The molecule has 0 aliphatic rings. The third-order valence-corrected chi connectivity index (χ3v) is 4.15. The first-order valence-corrected chi connectivity index (χ1v) is 6.78. The van der Waals surface area contributed by atoms with Crippen LogP contribution in [0.15, 0.2) is 30.3 Å². The SMILES string of the molecule is COc1cccc(-n2nc(C)c3cc(C(=O)O)sc32)c1. The first-order valence-electron chi connectivity index (χ1n) is 5.97. The number of fused-ring (bicyclic) bond motifs is 1. The molecule has 102 valence electrons. The van der Waals surface area contributed by atoms with Crippen molar-refractivity contribution >= 4 is 27.5 Å². The van der Waals surface area contributed by atoms with E-state index in [1.807, 2.05) is 31.2 Å². The number of aryl methyl sites for hydroxylation is 1. The summed E-state index contributed by atoms with van der Waals surface area (Å²) < 4.78 is 6.96. The summed E-state index contributed by atoms with van der Waals surface area (Å²) in [5.74, 6) is -0.179. The Labute approximate surface area is 119 Å². The van der Waals surface area contributed by atoms with Crippen LogP contribution in [0.2, 0.25) is 0 Å². The normalized spacial score (nSPS) is 10.9. The minimum atomic E-state index is -0.914. The molecule has 0 unspecified atom stereocenters. The summed E-state index contributed by atoms with van der Waals surface area (Å²) in [7, 11) is 1.61. The van der Waals surface area contributed by atoms with E-state index in [0.717, 1.165) is 27.3 Å². The number of thiophene rings is 1. The monoisotopic (exact) mass is 288 g/mol. The van der Waals surface area contributed by atoms with Crippen LogP contribution in [0.25, 0.3) is 15.9 Å². The van der Waals surface area contributed by atoms with Crippen molar-refractivity contribution < 1.29 is 14.6 Å². The fourth-order valence-electron chi connectivity index (χ4n) is 2.07. The fraction of sp³-hybridized carbons (Fsp3) is 0.143. The molecule has 3 rings (SSSR count). The third-order valence-electron chi connectivity index (χ3n) is 3.05. The Bertz CT molecular complexity index is 804. The zero-order valence-corrected chi connectivity index (χ0v) is 11.8. The van der Waals surface area contributed by atoms with E-state index >= 15 is 0 Å². The second-order valence-electron chi connectivity index (χ2n) is 4.33. The molecule has 0 atom stereocenters. The molecule has 0 bridgehead atoms. The van der Waals surface area contributed by atoms with Crippen LogP contribution in [0.1, 0.15) is 15.4 Å². The Morgan fingerprint density at radius 1 is 1.40 bits per heavy atom. The Hall–Kier alpha value is -2.34. The van der Waals surface area contributed by atoms with Crippen LogP contribution in [-0.2, 0) is 0 Å². The lowest BCUT2D eigenvalue weighted by molar-refractivity contribution is 0.0702. The van der Waals surface area contributed by atoms with Crippen molar-refractivity contribution in [1.82, 2.24) is 9.78 Å². The number of methoxy groups -OCH3 is 1. The van der Waals surface area contributed by atoms with E-state index in [4.69, 9.17) is 9.84 Å². The summed E-state index contributed by atoms with van der Waals surface area (Å²) in [4.78, 5) is 12.2. The van der Waals surface area contributed by atoms with E-state index in [2.05, 4.69) is 5.10 Å². The quantitative estimate of drug-likeness (QED) is 0.804. The largest absolute Gasteiger partial charge is 0.497 e. The highest BCUT2D eigenvalue weighted by Gasteiger charge is 2.16. The predicted octanol–water partition coefficient (Wildman–Crippen LogP) is 3.10. The van der Waals surface area contributed by atoms with Gasteiger partial charge in [0.2, 0.25) is 0 Å². The molecule has 0 fully saturated rings. The number of hydrogen-bond donors (Lipinski definition) is 1. The molecule has 3 aromatic rings. The summed E-state index contributed by atoms with van der Waals surface area (Å²) in [6, 6.07) is 9.18. The van der Waals surface area contributed by atoms with E-state index in [9.17, 15) is 4.79 Å². The number of benzene rings is 1. The van der Waals surface area contributed by atoms with Crippen molar-refractivity contribution in [2.24, 2.45) is 0 Å². The molecular formula is C14H12N2O3S. The molecule has 1 aromatic carbocycles. The number of nitrogens with zero attached hydrogens (tertiary/aromatic N) is 2.